The monoisotopic (exact) mass is 217 g/mol. The zero-order valence-electron chi connectivity index (χ0n) is 9.87. The Hall–Kier alpha value is -1.12. The molecule has 0 aliphatic heterocycles. The highest BCUT2D eigenvalue weighted by atomic mass is 15.0. The van der Waals surface area contributed by atoms with Gasteiger partial charge in [-0.25, -0.2) is 9.97 Å². The Bertz CT molecular complexity index is 381. The lowest BCUT2D eigenvalue weighted by Gasteiger charge is -2.14. The predicted molar refractivity (Wildman–Crippen MR) is 64.5 cm³/mol. The lowest BCUT2D eigenvalue weighted by Crippen LogP contribution is -2.15. The Kier molecular flexibility index (Phi) is 2.34. The summed E-state index contributed by atoms with van der Waals surface area (Å²) in [6.07, 6.45) is 8.44. The fourth-order valence-electron chi connectivity index (χ4n) is 2.12. The molecule has 1 N–H and O–H groups in total. The van der Waals surface area contributed by atoms with Gasteiger partial charge in [0.25, 0.3) is 0 Å². The number of hydrogen-bond donors (Lipinski definition) is 1. The first-order valence-corrected chi connectivity index (χ1v) is 6.38. The summed E-state index contributed by atoms with van der Waals surface area (Å²) in [6, 6.07) is 1.98. The molecule has 3 heteroatoms. The molecular formula is C13H19N3. The molecule has 0 aromatic carbocycles. The third-order valence-electron chi connectivity index (χ3n) is 3.97. The maximum Gasteiger partial charge on any atom is 0.133 e. The van der Waals surface area contributed by atoms with Crippen molar-refractivity contribution in [1.82, 2.24) is 9.97 Å². The van der Waals surface area contributed by atoms with E-state index < -0.39 is 0 Å². The van der Waals surface area contributed by atoms with Crippen molar-refractivity contribution >= 4 is 5.82 Å². The summed E-state index contributed by atoms with van der Waals surface area (Å²) in [5.41, 5.74) is 0.574. The van der Waals surface area contributed by atoms with Gasteiger partial charge in [0.1, 0.15) is 11.6 Å². The number of hydrogen-bond acceptors (Lipinski definition) is 3. The molecule has 0 radical (unpaired) electrons. The molecule has 86 valence electrons. The van der Waals surface area contributed by atoms with Crippen molar-refractivity contribution in [2.75, 3.05) is 11.9 Å². The normalized spacial score (nSPS) is 21.8. The van der Waals surface area contributed by atoms with Crippen LogP contribution >= 0.6 is 0 Å². The van der Waals surface area contributed by atoms with Crippen LogP contribution in [0.25, 0.3) is 0 Å². The third-order valence-corrected chi connectivity index (χ3v) is 3.97. The first kappa shape index (κ1) is 10.1. The molecule has 3 rings (SSSR count). The molecule has 2 aliphatic rings. The quantitative estimate of drug-likeness (QED) is 0.824. The average Bonchev–Trinajstić information content (AvgIpc) is 3.20. The van der Waals surface area contributed by atoms with Gasteiger partial charge >= 0.3 is 0 Å². The minimum Gasteiger partial charge on any atom is -0.369 e. The molecular weight excluding hydrogens is 198 g/mol. The van der Waals surface area contributed by atoms with Crippen molar-refractivity contribution in [3.63, 3.8) is 0 Å². The number of rotatable bonds is 5. The maximum absolute atomic E-state index is 4.58. The number of nitrogens with zero attached hydrogens (tertiary/aromatic N) is 2. The van der Waals surface area contributed by atoms with E-state index in [9.17, 15) is 0 Å². The van der Waals surface area contributed by atoms with Crippen molar-refractivity contribution in [3.8, 4) is 0 Å². The molecule has 2 fully saturated rings. The topological polar surface area (TPSA) is 37.8 Å². The lowest BCUT2D eigenvalue weighted by atomic mass is 10.0. The second-order valence-corrected chi connectivity index (χ2v) is 5.28. The second kappa shape index (κ2) is 3.72. The number of aromatic nitrogens is 2. The molecule has 0 amide bonds. The molecule has 3 nitrogen and oxygen atoms in total. The molecule has 1 heterocycles. The summed E-state index contributed by atoms with van der Waals surface area (Å²) in [5.74, 6) is 2.69. The maximum atomic E-state index is 4.58. The van der Waals surface area contributed by atoms with E-state index in [2.05, 4.69) is 22.2 Å². The van der Waals surface area contributed by atoms with Crippen LogP contribution in [-0.4, -0.2) is 16.5 Å². The van der Waals surface area contributed by atoms with Crippen LogP contribution in [0, 0.1) is 5.41 Å². The smallest absolute Gasteiger partial charge is 0.133 e. The molecule has 1 aromatic heterocycles. The Morgan fingerprint density at radius 3 is 2.88 bits per heavy atom. The fraction of sp³-hybridized carbons (Fsp3) is 0.692. The largest absolute Gasteiger partial charge is 0.369 e. The van der Waals surface area contributed by atoms with Crippen LogP contribution in [0.4, 0.5) is 5.82 Å². The Labute approximate surface area is 96.7 Å². The highest BCUT2D eigenvalue weighted by Crippen LogP contribution is 2.48. The van der Waals surface area contributed by atoms with Gasteiger partial charge < -0.3 is 5.32 Å². The van der Waals surface area contributed by atoms with Crippen LogP contribution in [-0.2, 0) is 0 Å². The molecule has 0 bridgehead atoms. The van der Waals surface area contributed by atoms with Crippen LogP contribution in [0.1, 0.15) is 50.8 Å². The summed E-state index contributed by atoms with van der Waals surface area (Å²) in [6.45, 7) is 3.36. The van der Waals surface area contributed by atoms with Gasteiger partial charge in [0.2, 0.25) is 0 Å². The molecule has 0 unspecified atom stereocenters. The third kappa shape index (κ3) is 2.04. The molecule has 0 saturated heterocycles. The molecule has 2 aliphatic carbocycles. The standard InChI is InChI=1S/C13H19N3/c1-2-13(6-7-13)9-15-11-5-8-14-12(16-11)10-3-4-10/h5,8,10H,2-4,6-7,9H2,1H3,(H,14,15,16). The summed E-state index contributed by atoms with van der Waals surface area (Å²) in [5, 5.41) is 3.47. The van der Waals surface area contributed by atoms with Crippen LogP contribution in [0.15, 0.2) is 12.3 Å². The van der Waals surface area contributed by atoms with Crippen molar-refractivity contribution < 1.29 is 0 Å². The Morgan fingerprint density at radius 1 is 1.44 bits per heavy atom. The van der Waals surface area contributed by atoms with Crippen molar-refractivity contribution in [3.05, 3.63) is 18.1 Å². The van der Waals surface area contributed by atoms with Crippen molar-refractivity contribution in [2.24, 2.45) is 5.41 Å². The van der Waals surface area contributed by atoms with Crippen LogP contribution < -0.4 is 5.32 Å². The van der Waals surface area contributed by atoms with Crippen molar-refractivity contribution in [1.29, 1.82) is 0 Å². The zero-order valence-corrected chi connectivity index (χ0v) is 9.87. The first-order valence-electron chi connectivity index (χ1n) is 6.38. The highest BCUT2D eigenvalue weighted by molar-refractivity contribution is 5.34. The van der Waals surface area contributed by atoms with E-state index in [0.717, 1.165) is 18.2 Å². The molecule has 2 saturated carbocycles. The van der Waals surface area contributed by atoms with Gasteiger partial charge in [-0.2, -0.15) is 0 Å². The van der Waals surface area contributed by atoms with Gasteiger partial charge in [0.15, 0.2) is 0 Å². The van der Waals surface area contributed by atoms with Gasteiger partial charge in [-0.05, 0) is 43.6 Å². The lowest BCUT2D eigenvalue weighted by molar-refractivity contribution is 0.520. The number of nitrogens with one attached hydrogen (secondary N) is 1. The van der Waals surface area contributed by atoms with E-state index in [1.54, 1.807) is 0 Å². The minimum atomic E-state index is 0.574. The zero-order chi connectivity index (χ0) is 11.0. The van der Waals surface area contributed by atoms with Gasteiger partial charge in [-0.1, -0.05) is 6.92 Å². The first-order chi connectivity index (χ1) is 7.81. The molecule has 1 aromatic rings. The fourth-order valence-corrected chi connectivity index (χ4v) is 2.12. The van der Waals surface area contributed by atoms with E-state index in [-0.39, 0.29) is 0 Å². The van der Waals surface area contributed by atoms with Crippen LogP contribution in [0.2, 0.25) is 0 Å². The van der Waals surface area contributed by atoms with E-state index in [1.165, 1.54) is 32.1 Å². The van der Waals surface area contributed by atoms with E-state index in [1.807, 2.05) is 12.3 Å². The summed E-state index contributed by atoms with van der Waals surface area (Å²) in [7, 11) is 0. The van der Waals surface area contributed by atoms with Crippen LogP contribution in [0.5, 0.6) is 0 Å². The van der Waals surface area contributed by atoms with Gasteiger partial charge in [-0.3, -0.25) is 0 Å². The SMILES string of the molecule is CCC1(CNc2ccnc(C3CC3)n2)CC1. The average molecular weight is 217 g/mol. The Balaban J connectivity index is 1.63. The summed E-state index contributed by atoms with van der Waals surface area (Å²) < 4.78 is 0. The van der Waals surface area contributed by atoms with Crippen LogP contribution in [0.3, 0.4) is 0 Å². The molecule has 0 spiro atoms. The van der Waals surface area contributed by atoms with E-state index in [4.69, 9.17) is 0 Å². The minimum absolute atomic E-state index is 0.574. The highest BCUT2D eigenvalue weighted by Gasteiger charge is 2.40. The summed E-state index contributed by atoms with van der Waals surface area (Å²) >= 11 is 0. The van der Waals surface area contributed by atoms with Gasteiger partial charge in [-0.15, -0.1) is 0 Å². The van der Waals surface area contributed by atoms with E-state index >= 15 is 0 Å². The Morgan fingerprint density at radius 2 is 2.25 bits per heavy atom. The molecule has 0 atom stereocenters. The van der Waals surface area contributed by atoms with Gasteiger partial charge in [0, 0.05) is 18.7 Å². The van der Waals surface area contributed by atoms with E-state index in [0.29, 0.717) is 11.3 Å². The number of anilines is 1. The molecule has 16 heavy (non-hydrogen) atoms. The predicted octanol–water partition coefficient (Wildman–Crippen LogP) is 2.96. The second-order valence-electron chi connectivity index (χ2n) is 5.28. The van der Waals surface area contributed by atoms with Crippen molar-refractivity contribution in [2.45, 2.75) is 44.9 Å². The van der Waals surface area contributed by atoms with Gasteiger partial charge in [0.05, 0.1) is 0 Å². The summed E-state index contributed by atoms with van der Waals surface area (Å²) in [4.78, 5) is 8.91.